The standard InChI is InChI=1S/C20H21F2N3O2S/c1-25(12-14-6-8-15(9-7-14)27-20(21)22)13-18(26)23-11-10-19-24-16-4-2-3-5-17(16)28-19/h2-9,20H,10-13H2,1H3,(H,23,26). The number of hydrogen-bond donors (Lipinski definition) is 1. The minimum absolute atomic E-state index is 0.0683. The van der Waals surface area contributed by atoms with Gasteiger partial charge in [-0.15, -0.1) is 11.3 Å². The zero-order valence-electron chi connectivity index (χ0n) is 15.4. The fraction of sp³-hybridized carbons (Fsp3) is 0.300. The van der Waals surface area contributed by atoms with E-state index in [1.165, 1.54) is 12.1 Å². The molecule has 8 heteroatoms. The molecule has 0 saturated carbocycles. The molecule has 3 aromatic rings. The summed E-state index contributed by atoms with van der Waals surface area (Å²) in [5.41, 5.74) is 1.89. The van der Waals surface area contributed by atoms with Crippen LogP contribution in [0.5, 0.6) is 5.75 Å². The molecule has 0 aliphatic heterocycles. The van der Waals surface area contributed by atoms with Crippen molar-refractivity contribution in [2.24, 2.45) is 0 Å². The SMILES string of the molecule is CN(CC(=O)NCCc1nc2ccccc2s1)Cc1ccc(OC(F)F)cc1. The van der Waals surface area contributed by atoms with E-state index in [0.29, 0.717) is 19.5 Å². The molecule has 0 atom stereocenters. The zero-order valence-corrected chi connectivity index (χ0v) is 16.2. The summed E-state index contributed by atoms with van der Waals surface area (Å²) >= 11 is 1.64. The number of carbonyl (C=O) groups is 1. The van der Waals surface area contributed by atoms with Gasteiger partial charge in [-0.05, 0) is 36.9 Å². The number of carbonyl (C=O) groups excluding carboxylic acids is 1. The number of thiazole rings is 1. The summed E-state index contributed by atoms with van der Waals surface area (Å²) in [5.74, 6) is 0.0512. The molecular weight excluding hydrogens is 384 g/mol. The lowest BCUT2D eigenvalue weighted by Crippen LogP contribution is -2.35. The lowest BCUT2D eigenvalue weighted by molar-refractivity contribution is -0.122. The van der Waals surface area contributed by atoms with Gasteiger partial charge in [-0.1, -0.05) is 24.3 Å². The van der Waals surface area contributed by atoms with E-state index in [4.69, 9.17) is 0 Å². The number of fused-ring (bicyclic) bond motifs is 1. The molecule has 5 nitrogen and oxygen atoms in total. The Morgan fingerprint density at radius 2 is 1.96 bits per heavy atom. The Hall–Kier alpha value is -2.58. The lowest BCUT2D eigenvalue weighted by atomic mass is 10.2. The number of benzene rings is 2. The van der Waals surface area contributed by atoms with Crippen molar-refractivity contribution in [2.45, 2.75) is 19.6 Å². The predicted octanol–water partition coefficient (Wildman–Crippen LogP) is 3.69. The lowest BCUT2D eigenvalue weighted by Gasteiger charge is -2.16. The second-order valence-electron chi connectivity index (χ2n) is 6.37. The molecule has 1 amide bonds. The van der Waals surface area contributed by atoms with Gasteiger partial charge in [-0.25, -0.2) is 4.98 Å². The first-order valence-corrected chi connectivity index (χ1v) is 9.64. The van der Waals surface area contributed by atoms with Crippen LogP contribution in [0, 0.1) is 0 Å². The van der Waals surface area contributed by atoms with E-state index >= 15 is 0 Å². The van der Waals surface area contributed by atoms with Crippen molar-refractivity contribution >= 4 is 27.5 Å². The first kappa shape index (κ1) is 20.2. The average molecular weight is 405 g/mol. The van der Waals surface area contributed by atoms with Crippen molar-refractivity contribution in [1.29, 1.82) is 0 Å². The van der Waals surface area contributed by atoms with Gasteiger partial charge < -0.3 is 10.1 Å². The summed E-state index contributed by atoms with van der Waals surface area (Å²) < 4.78 is 29.8. The average Bonchev–Trinajstić information content (AvgIpc) is 3.05. The highest BCUT2D eigenvalue weighted by Crippen LogP contribution is 2.21. The Bertz CT molecular complexity index is 882. The number of ether oxygens (including phenoxy) is 1. The smallest absolute Gasteiger partial charge is 0.387 e. The molecule has 0 radical (unpaired) electrons. The van der Waals surface area contributed by atoms with Crippen LogP contribution in [0.15, 0.2) is 48.5 Å². The number of para-hydroxylation sites is 1. The number of alkyl halides is 2. The van der Waals surface area contributed by atoms with Crippen molar-refractivity contribution in [1.82, 2.24) is 15.2 Å². The van der Waals surface area contributed by atoms with Gasteiger partial charge in [0.2, 0.25) is 5.91 Å². The molecular formula is C20H21F2N3O2S. The quantitative estimate of drug-likeness (QED) is 0.590. The highest BCUT2D eigenvalue weighted by Gasteiger charge is 2.09. The van der Waals surface area contributed by atoms with Crippen LogP contribution in [0.4, 0.5) is 8.78 Å². The fourth-order valence-electron chi connectivity index (χ4n) is 2.78. The Morgan fingerprint density at radius 3 is 2.68 bits per heavy atom. The molecule has 0 unspecified atom stereocenters. The molecule has 1 heterocycles. The summed E-state index contributed by atoms with van der Waals surface area (Å²) in [6, 6.07) is 14.4. The highest BCUT2D eigenvalue weighted by atomic mass is 32.1. The number of halogens is 2. The Labute approximate surface area is 166 Å². The van der Waals surface area contributed by atoms with Gasteiger partial charge >= 0.3 is 6.61 Å². The first-order valence-electron chi connectivity index (χ1n) is 8.83. The van der Waals surface area contributed by atoms with Gasteiger partial charge in [-0.3, -0.25) is 9.69 Å². The maximum Gasteiger partial charge on any atom is 0.387 e. The molecule has 0 fully saturated rings. The van der Waals surface area contributed by atoms with Crippen LogP contribution in [-0.2, 0) is 17.8 Å². The van der Waals surface area contributed by atoms with Crippen molar-refractivity contribution in [3.63, 3.8) is 0 Å². The van der Waals surface area contributed by atoms with Crippen LogP contribution >= 0.6 is 11.3 Å². The van der Waals surface area contributed by atoms with E-state index in [-0.39, 0.29) is 18.2 Å². The zero-order chi connectivity index (χ0) is 19.9. The van der Waals surface area contributed by atoms with Gasteiger partial charge in [0, 0.05) is 19.5 Å². The Morgan fingerprint density at radius 1 is 1.21 bits per heavy atom. The van der Waals surface area contributed by atoms with Crippen molar-refractivity contribution in [3.8, 4) is 5.75 Å². The second-order valence-corrected chi connectivity index (χ2v) is 7.49. The van der Waals surface area contributed by atoms with Crippen LogP contribution < -0.4 is 10.1 Å². The fourth-order valence-corrected chi connectivity index (χ4v) is 3.75. The van der Waals surface area contributed by atoms with Crippen molar-refractivity contribution in [3.05, 3.63) is 59.1 Å². The predicted molar refractivity (Wildman–Crippen MR) is 106 cm³/mol. The molecule has 2 aromatic carbocycles. The van der Waals surface area contributed by atoms with Gasteiger partial charge in [0.1, 0.15) is 5.75 Å². The van der Waals surface area contributed by atoms with Gasteiger partial charge in [-0.2, -0.15) is 8.78 Å². The van der Waals surface area contributed by atoms with Crippen LogP contribution in [0.1, 0.15) is 10.6 Å². The number of aromatic nitrogens is 1. The number of likely N-dealkylation sites (N-methyl/N-ethyl adjacent to an activating group) is 1. The topological polar surface area (TPSA) is 54.5 Å². The third-order valence-electron chi connectivity index (χ3n) is 4.01. The van der Waals surface area contributed by atoms with Gasteiger partial charge in [0.25, 0.3) is 0 Å². The molecule has 1 N–H and O–H groups in total. The van der Waals surface area contributed by atoms with E-state index in [0.717, 1.165) is 20.8 Å². The highest BCUT2D eigenvalue weighted by molar-refractivity contribution is 7.18. The molecule has 0 aliphatic rings. The van der Waals surface area contributed by atoms with E-state index in [9.17, 15) is 13.6 Å². The summed E-state index contributed by atoms with van der Waals surface area (Å²) in [7, 11) is 1.83. The number of nitrogens with one attached hydrogen (secondary N) is 1. The minimum Gasteiger partial charge on any atom is -0.435 e. The first-order chi connectivity index (χ1) is 13.5. The number of hydrogen-bond acceptors (Lipinski definition) is 5. The van der Waals surface area contributed by atoms with Crippen LogP contribution in [-0.4, -0.2) is 42.5 Å². The monoisotopic (exact) mass is 405 g/mol. The summed E-state index contributed by atoms with van der Waals surface area (Å²) in [6.45, 7) is -1.53. The Kier molecular flexibility index (Phi) is 6.89. The van der Waals surface area contributed by atoms with Crippen molar-refractivity contribution in [2.75, 3.05) is 20.1 Å². The number of nitrogens with zero attached hydrogens (tertiary/aromatic N) is 2. The summed E-state index contributed by atoms with van der Waals surface area (Å²) in [4.78, 5) is 18.5. The summed E-state index contributed by atoms with van der Waals surface area (Å²) in [6.07, 6.45) is 0.695. The second kappa shape index (κ2) is 9.57. The maximum atomic E-state index is 12.2. The molecule has 0 spiro atoms. The van der Waals surface area contributed by atoms with Crippen LogP contribution in [0.25, 0.3) is 10.2 Å². The molecule has 0 bridgehead atoms. The van der Waals surface area contributed by atoms with Crippen molar-refractivity contribution < 1.29 is 18.3 Å². The summed E-state index contributed by atoms with van der Waals surface area (Å²) in [5, 5.41) is 3.91. The normalized spacial score (nSPS) is 11.3. The Balaban J connectivity index is 1.40. The molecule has 0 aliphatic carbocycles. The number of rotatable bonds is 9. The molecule has 28 heavy (non-hydrogen) atoms. The maximum absolute atomic E-state index is 12.2. The van der Waals surface area contributed by atoms with Crippen LogP contribution in [0.3, 0.4) is 0 Å². The van der Waals surface area contributed by atoms with E-state index < -0.39 is 6.61 Å². The molecule has 0 saturated heterocycles. The molecule has 1 aromatic heterocycles. The van der Waals surface area contributed by atoms with E-state index in [1.54, 1.807) is 23.5 Å². The molecule has 148 valence electrons. The van der Waals surface area contributed by atoms with Gasteiger partial charge in [0.05, 0.1) is 21.8 Å². The molecule has 3 rings (SSSR count). The van der Waals surface area contributed by atoms with Crippen LogP contribution in [0.2, 0.25) is 0 Å². The minimum atomic E-state index is -2.83. The third kappa shape index (κ3) is 5.97. The van der Waals surface area contributed by atoms with E-state index in [1.807, 2.05) is 36.2 Å². The number of amides is 1. The largest absolute Gasteiger partial charge is 0.435 e. The van der Waals surface area contributed by atoms with E-state index in [2.05, 4.69) is 15.0 Å². The van der Waals surface area contributed by atoms with Gasteiger partial charge in [0.15, 0.2) is 0 Å². The third-order valence-corrected chi connectivity index (χ3v) is 5.11.